The van der Waals surface area contributed by atoms with Gasteiger partial charge in [-0.3, -0.25) is 48.1 Å². The summed E-state index contributed by atoms with van der Waals surface area (Å²) in [6.45, 7) is 11.0. The summed E-state index contributed by atoms with van der Waals surface area (Å²) in [6.07, 6.45) is 3.66. The van der Waals surface area contributed by atoms with E-state index in [2.05, 4.69) is 48.8 Å². The molecule has 3 rings (SSSR count). The number of hydrogen-bond donors (Lipinski definition) is 11. The number of carboxylic acid groups (broad SMARTS) is 2. The number of anilines is 1. The molecule has 0 saturated carbocycles. The molecular formula is C54H73N11O14. The predicted molar refractivity (Wildman–Crippen MR) is 290 cm³/mol. The lowest BCUT2D eigenvalue weighted by molar-refractivity contribution is -0.146. The third kappa shape index (κ3) is 20.3. The second kappa shape index (κ2) is 31.5. The number of ketones is 1. The van der Waals surface area contributed by atoms with Crippen molar-refractivity contribution in [2.24, 2.45) is 34.2 Å². The van der Waals surface area contributed by atoms with Gasteiger partial charge in [-0.2, -0.15) is 0 Å². The van der Waals surface area contributed by atoms with Crippen LogP contribution >= 0.6 is 0 Å². The lowest BCUT2D eigenvalue weighted by Crippen LogP contribution is -2.59. The van der Waals surface area contributed by atoms with E-state index in [0.717, 1.165) is 24.4 Å². The number of guanidine groups is 1. The van der Waals surface area contributed by atoms with Crippen LogP contribution in [0.1, 0.15) is 82.6 Å². The Morgan fingerprint density at radius 1 is 0.835 bits per heavy atom. The van der Waals surface area contributed by atoms with Gasteiger partial charge in [0.05, 0.1) is 29.7 Å². The Labute approximate surface area is 457 Å². The van der Waals surface area contributed by atoms with Gasteiger partial charge in [0, 0.05) is 45.0 Å². The monoisotopic (exact) mass is 1100 g/mol. The van der Waals surface area contributed by atoms with Crippen molar-refractivity contribution < 1.29 is 67.7 Å². The van der Waals surface area contributed by atoms with Crippen LogP contribution in [0.5, 0.6) is 0 Å². The van der Waals surface area contributed by atoms with Crippen molar-refractivity contribution in [2.45, 2.75) is 115 Å². The standard InChI is InChI=1S/C54H73N11O14/c1-29(25-30(2)43(79-8)26-35-15-10-9-11-16-35)20-21-37-31(3)46(69)62-40(52(75)76)22-23-44(68)65(7)34(6)49(72)59-33(5)48(71)63-41(27-42(67)36-17-12-13-18-38(36)58-28-66)51(74)64-45(53(77)78)32(4)47(70)61-39(50(73)60-37)19-14-24-57-54(55)56/h9-13,15-18,20-21,25,28,30-33,37,39-41,43,45H,6,14,19,22-24,26-27H2,1-5,7-8H3,(H,58,66)(H,59,72)(H,60,73)(H,61,70)(H,62,69)(H,63,71)(H,64,74)(H,75,76)(H,77,78)(H4,55,56,57)/b21-20+,29-25+/t30-,31-,32-,33+,37-,39-,40+,41-,43-,45+/m0/s1. The van der Waals surface area contributed by atoms with Crippen LogP contribution in [0.15, 0.2) is 95.7 Å². The zero-order chi connectivity index (χ0) is 59.1. The van der Waals surface area contributed by atoms with Crippen molar-refractivity contribution in [1.29, 1.82) is 0 Å². The van der Waals surface area contributed by atoms with Crippen LogP contribution < -0.4 is 48.7 Å². The summed E-state index contributed by atoms with van der Waals surface area (Å²) in [4.78, 5) is 153. The summed E-state index contributed by atoms with van der Waals surface area (Å²) < 4.78 is 5.82. The number of rotatable bonds is 18. The first-order valence-electron chi connectivity index (χ1n) is 25.3. The fourth-order valence-corrected chi connectivity index (χ4v) is 8.17. The number of carboxylic acids is 2. The first kappa shape index (κ1) is 64.5. The van der Waals surface area contributed by atoms with Gasteiger partial charge in [-0.15, -0.1) is 0 Å². The van der Waals surface area contributed by atoms with E-state index in [1.807, 2.05) is 43.3 Å². The number of benzene rings is 2. The molecule has 0 unspecified atom stereocenters. The van der Waals surface area contributed by atoms with Crippen molar-refractivity contribution in [1.82, 2.24) is 36.8 Å². The highest BCUT2D eigenvalue weighted by Crippen LogP contribution is 2.20. The molecule has 1 heterocycles. The Kier molecular flexibility index (Phi) is 25.7. The number of nitrogens with zero attached hydrogens (tertiary/aromatic N) is 2. The van der Waals surface area contributed by atoms with E-state index in [0.29, 0.717) is 18.4 Å². The minimum atomic E-state index is -2.09. The number of likely N-dealkylation sites (N-methyl/N-ethyl adjacent to an activating group) is 1. The normalized spacial score (nSPS) is 23.7. The zero-order valence-corrected chi connectivity index (χ0v) is 45.3. The SMILES string of the molecule is C=C1C(=O)N[C@H](C)C(=O)N[C@@H](CC(=O)c2ccccc2NC=O)C(=O)N[C@@H](C(=O)O)[C@H](C)C(=O)N[C@@H](CCCN=C(N)N)C(=O)N[C@@H](/C=C/C(C)=C/[C@H](C)[C@H](Cc2ccccc2)OC)[C@H](C)C(=O)N[C@@H](C(=O)O)CCC(=O)N1C. The molecule has 1 saturated heterocycles. The molecule has 25 nitrogen and oxygen atoms in total. The Bertz CT molecular complexity index is 2660. The van der Waals surface area contributed by atoms with Crippen molar-refractivity contribution in [2.75, 3.05) is 26.0 Å². The van der Waals surface area contributed by atoms with Gasteiger partial charge in [0.1, 0.15) is 35.9 Å². The maximum atomic E-state index is 14.5. The fraction of sp³-hybridized carbons (Fsp3) is 0.444. The Hall–Kier alpha value is -8.74. The number of methoxy groups -OCH3 is 1. The Balaban J connectivity index is 2.17. The third-order valence-corrected chi connectivity index (χ3v) is 13.1. The van der Waals surface area contributed by atoms with Gasteiger partial charge in [-0.05, 0) is 57.2 Å². The largest absolute Gasteiger partial charge is 0.480 e. The number of hydrogen-bond acceptors (Lipinski definition) is 13. The molecule has 0 aromatic heterocycles. The lowest BCUT2D eigenvalue weighted by atomic mass is 9.94. The second-order valence-electron chi connectivity index (χ2n) is 19.1. The number of nitrogens with two attached hydrogens (primary N) is 2. The molecule has 428 valence electrons. The minimum absolute atomic E-state index is 0.0310. The van der Waals surface area contributed by atoms with Crippen LogP contribution in [0, 0.1) is 17.8 Å². The number of carbonyl (C=O) groups is 11. The summed E-state index contributed by atoms with van der Waals surface area (Å²) in [6, 6.07) is 5.39. The third-order valence-electron chi connectivity index (χ3n) is 13.1. The van der Waals surface area contributed by atoms with E-state index in [4.69, 9.17) is 16.2 Å². The lowest BCUT2D eigenvalue weighted by Gasteiger charge is -2.28. The van der Waals surface area contributed by atoms with Crippen LogP contribution in [0.3, 0.4) is 0 Å². The van der Waals surface area contributed by atoms with Crippen LogP contribution in [0.2, 0.25) is 0 Å². The van der Waals surface area contributed by atoms with Gasteiger partial charge in [-0.1, -0.05) is 93.6 Å². The van der Waals surface area contributed by atoms with Crippen LogP contribution in [0.25, 0.3) is 0 Å². The number of Topliss-reactive ketones (excluding diaryl/α,β-unsaturated/α-hetero) is 1. The zero-order valence-electron chi connectivity index (χ0n) is 45.3. The van der Waals surface area contributed by atoms with E-state index in [1.54, 1.807) is 20.1 Å². The van der Waals surface area contributed by atoms with Crippen molar-refractivity contribution in [3.63, 3.8) is 0 Å². The van der Waals surface area contributed by atoms with Crippen molar-refractivity contribution in [3.8, 4) is 0 Å². The number of aliphatic imine (C=N–C) groups is 1. The molecule has 79 heavy (non-hydrogen) atoms. The number of para-hydroxylation sites is 1. The van der Waals surface area contributed by atoms with Crippen LogP contribution in [0.4, 0.5) is 5.69 Å². The van der Waals surface area contributed by atoms with Gasteiger partial charge < -0.3 is 68.5 Å². The number of allylic oxidation sites excluding steroid dienone is 2. The van der Waals surface area contributed by atoms with Gasteiger partial charge in [-0.25, -0.2) is 9.59 Å². The highest BCUT2D eigenvalue weighted by atomic mass is 16.5. The fourth-order valence-electron chi connectivity index (χ4n) is 8.17. The number of carbonyl (C=O) groups excluding carboxylic acids is 9. The molecular weight excluding hydrogens is 1030 g/mol. The predicted octanol–water partition coefficient (Wildman–Crippen LogP) is 0.414. The molecule has 10 atom stereocenters. The van der Waals surface area contributed by atoms with Gasteiger partial charge in [0.15, 0.2) is 11.7 Å². The van der Waals surface area contributed by atoms with Crippen LogP contribution in [-0.4, -0.2) is 150 Å². The second-order valence-corrected chi connectivity index (χ2v) is 19.1. The quantitative estimate of drug-likeness (QED) is 0.0183. The maximum Gasteiger partial charge on any atom is 0.327 e. The molecule has 0 radical (unpaired) electrons. The number of nitrogens with one attached hydrogen (secondary N) is 7. The number of ether oxygens (including phenoxy) is 1. The van der Waals surface area contributed by atoms with E-state index in [9.17, 15) is 63.0 Å². The molecule has 1 fully saturated rings. The highest BCUT2D eigenvalue weighted by molar-refractivity contribution is 6.06. The Morgan fingerprint density at radius 3 is 2.08 bits per heavy atom. The molecule has 25 heteroatoms. The molecule has 0 bridgehead atoms. The molecule has 1 aliphatic heterocycles. The Morgan fingerprint density at radius 2 is 1.46 bits per heavy atom. The first-order valence-corrected chi connectivity index (χ1v) is 25.3. The summed E-state index contributed by atoms with van der Waals surface area (Å²) in [5.41, 5.74) is 12.2. The summed E-state index contributed by atoms with van der Waals surface area (Å²) in [5, 5.41) is 37.6. The summed E-state index contributed by atoms with van der Waals surface area (Å²) >= 11 is 0. The first-order chi connectivity index (χ1) is 37.3. The number of amides is 8. The summed E-state index contributed by atoms with van der Waals surface area (Å²) in [5.74, 6) is -14.6. The maximum absolute atomic E-state index is 14.5. The van der Waals surface area contributed by atoms with E-state index >= 15 is 0 Å². The molecule has 13 N–H and O–H groups in total. The molecule has 2 aromatic rings. The van der Waals surface area contributed by atoms with Crippen molar-refractivity contribution >= 4 is 77.1 Å². The molecule has 0 aliphatic carbocycles. The van der Waals surface area contributed by atoms with Gasteiger partial charge in [0.25, 0.3) is 5.91 Å². The molecule has 0 spiro atoms. The minimum Gasteiger partial charge on any atom is -0.480 e. The average molecular weight is 1100 g/mol. The van der Waals surface area contributed by atoms with E-state index in [1.165, 1.54) is 44.2 Å². The summed E-state index contributed by atoms with van der Waals surface area (Å²) in [7, 11) is 2.75. The van der Waals surface area contributed by atoms with E-state index in [-0.39, 0.29) is 48.6 Å². The topological polar surface area (TPSA) is 389 Å². The average Bonchev–Trinajstić information content (AvgIpc) is 3.42. The van der Waals surface area contributed by atoms with Crippen molar-refractivity contribution in [3.05, 3.63) is 102 Å². The molecule has 8 amide bonds. The highest BCUT2D eigenvalue weighted by Gasteiger charge is 2.38. The smallest absolute Gasteiger partial charge is 0.327 e. The van der Waals surface area contributed by atoms with Gasteiger partial charge in [0.2, 0.25) is 41.9 Å². The van der Waals surface area contributed by atoms with Gasteiger partial charge >= 0.3 is 11.9 Å². The molecule has 1 aliphatic rings. The van der Waals surface area contributed by atoms with Crippen LogP contribution in [-0.2, 0) is 59.1 Å². The molecule has 2 aromatic carbocycles. The number of aliphatic carboxylic acids is 2. The van der Waals surface area contributed by atoms with E-state index < -0.39 is 132 Å².